The fourth-order valence-electron chi connectivity index (χ4n) is 3.21. The molecule has 0 atom stereocenters. The van der Waals surface area contributed by atoms with Crippen LogP contribution in [0.2, 0.25) is 0 Å². The molecule has 2 heterocycles. The lowest BCUT2D eigenvalue weighted by Crippen LogP contribution is -2.27. The molecule has 0 aliphatic heterocycles. The first-order valence-electron chi connectivity index (χ1n) is 9.51. The average Bonchev–Trinajstić information content (AvgIpc) is 3.17. The Morgan fingerprint density at radius 1 is 1.27 bits per heavy atom. The van der Waals surface area contributed by atoms with Gasteiger partial charge < -0.3 is 9.15 Å². The molecule has 0 bridgehead atoms. The maximum atomic E-state index is 15.0. The molecule has 2 aromatic carbocycles. The lowest BCUT2D eigenvalue weighted by atomic mass is 9.99. The number of ether oxygens (including phenoxy) is 1. The minimum atomic E-state index is -3.89. The molecule has 33 heavy (non-hydrogen) atoms. The zero-order valence-electron chi connectivity index (χ0n) is 17.3. The topological polar surface area (TPSA) is 111 Å². The van der Waals surface area contributed by atoms with Crippen LogP contribution in [0.1, 0.15) is 16.7 Å². The Hall–Kier alpha value is -2.80. The van der Waals surface area contributed by atoms with E-state index >= 15 is 0 Å². The molecule has 2 aromatic heterocycles. The van der Waals surface area contributed by atoms with Gasteiger partial charge in [0.25, 0.3) is 15.4 Å². The highest BCUT2D eigenvalue weighted by atomic mass is 79.9. The van der Waals surface area contributed by atoms with Crippen LogP contribution in [0, 0.1) is 12.7 Å². The Morgan fingerprint density at radius 3 is 2.76 bits per heavy atom. The first-order valence-corrected chi connectivity index (χ1v) is 12.6. The van der Waals surface area contributed by atoms with Crippen molar-refractivity contribution in [1.29, 1.82) is 0 Å². The van der Waals surface area contributed by atoms with E-state index in [1.165, 1.54) is 36.6 Å². The van der Waals surface area contributed by atoms with Crippen molar-refractivity contribution < 1.29 is 22.0 Å². The Labute approximate surface area is 200 Å². The van der Waals surface area contributed by atoms with E-state index in [0.29, 0.717) is 27.5 Å². The van der Waals surface area contributed by atoms with E-state index in [0.717, 1.165) is 3.79 Å². The number of aromatic nitrogens is 1. The summed E-state index contributed by atoms with van der Waals surface area (Å²) in [5.74, 6) is -0.316. The summed E-state index contributed by atoms with van der Waals surface area (Å²) < 4.78 is 54.6. The van der Waals surface area contributed by atoms with Gasteiger partial charge in [0, 0.05) is 30.5 Å². The predicted molar refractivity (Wildman–Crippen MR) is 128 cm³/mol. The third-order valence-electron chi connectivity index (χ3n) is 4.88. The molecule has 172 valence electrons. The van der Waals surface area contributed by atoms with Gasteiger partial charge in [-0.15, -0.1) is 0 Å². The first-order chi connectivity index (χ1) is 15.7. The van der Waals surface area contributed by atoms with Gasteiger partial charge in [-0.05, 0) is 52.2 Å². The number of rotatable bonds is 7. The predicted octanol–water partition coefficient (Wildman–Crippen LogP) is 4.72. The summed E-state index contributed by atoms with van der Waals surface area (Å²) in [6, 6.07) is 9.36. The maximum Gasteiger partial charge on any atom is 0.340 e. The number of aryl methyl sites for hydroxylation is 1. The number of benzene rings is 2. The normalized spacial score (nSPS) is 11.6. The van der Waals surface area contributed by atoms with Crippen LogP contribution in [0.3, 0.4) is 0 Å². The van der Waals surface area contributed by atoms with Gasteiger partial charge in [0.15, 0.2) is 5.82 Å². The quantitative estimate of drug-likeness (QED) is 0.320. The summed E-state index contributed by atoms with van der Waals surface area (Å²) in [6.45, 7) is 1.75. The van der Waals surface area contributed by atoms with Gasteiger partial charge in [-0.3, -0.25) is 4.72 Å². The number of hydrogen-bond acceptors (Lipinski definition) is 7. The lowest BCUT2D eigenvalue weighted by molar-refractivity contribution is 0.476. The highest BCUT2D eigenvalue weighted by Gasteiger charge is 2.18. The SMILES string of the molecule is CNS(=O)(=O)Nc1cccc(Cc2c(C)c3ccc(Oc4ncc(Br)s4)cc3oc2=O)c1F. The molecule has 0 fully saturated rings. The minimum absolute atomic E-state index is 0.0730. The maximum absolute atomic E-state index is 15.0. The van der Waals surface area contributed by atoms with E-state index < -0.39 is 21.7 Å². The molecule has 0 amide bonds. The zero-order valence-corrected chi connectivity index (χ0v) is 20.5. The average molecular weight is 554 g/mol. The molecule has 0 aliphatic carbocycles. The van der Waals surface area contributed by atoms with E-state index in [1.807, 2.05) is 0 Å². The van der Waals surface area contributed by atoms with E-state index in [2.05, 4.69) is 30.4 Å². The van der Waals surface area contributed by atoms with E-state index in [4.69, 9.17) is 9.15 Å². The minimum Gasteiger partial charge on any atom is -0.431 e. The second-order valence-electron chi connectivity index (χ2n) is 6.95. The molecule has 4 aromatic rings. The number of thiazole rings is 1. The Bertz CT molecular complexity index is 1520. The fraction of sp³-hybridized carbons (Fsp3) is 0.143. The number of fused-ring (bicyclic) bond motifs is 1. The summed E-state index contributed by atoms with van der Waals surface area (Å²) in [6.07, 6.45) is 1.55. The molecule has 4 rings (SSSR count). The second-order valence-corrected chi connectivity index (χ2v) is 10.9. The smallest absolute Gasteiger partial charge is 0.340 e. The number of halogens is 2. The molecule has 0 saturated heterocycles. The van der Waals surface area contributed by atoms with Crippen LogP contribution >= 0.6 is 27.3 Å². The van der Waals surface area contributed by atoms with E-state index in [1.54, 1.807) is 31.3 Å². The van der Waals surface area contributed by atoms with Crippen LogP contribution in [-0.4, -0.2) is 20.4 Å². The lowest BCUT2D eigenvalue weighted by Gasteiger charge is -2.12. The van der Waals surface area contributed by atoms with Crippen LogP contribution in [-0.2, 0) is 16.6 Å². The standard InChI is InChI=1S/C21H17BrFN3O5S2/c1-11-14-7-6-13(30-21-25-10-18(22)32-21)9-17(14)31-20(27)15(11)8-12-4-3-5-16(19(12)23)26-33(28,29)24-2/h3-7,9-10,24,26H,8H2,1-2H3. The first kappa shape index (κ1) is 23.4. The van der Waals surface area contributed by atoms with Crippen LogP contribution in [0.25, 0.3) is 11.0 Å². The van der Waals surface area contributed by atoms with E-state index in [9.17, 15) is 17.6 Å². The third-order valence-corrected chi connectivity index (χ3v) is 7.26. The fourth-order valence-corrected chi connectivity index (χ4v) is 4.79. The molecule has 0 unspecified atom stereocenters. The monoisotopic (exact) mass is 553 g/mol. The molecule has 0 aliphatic rings. The van der Waals surface area contributed by atoms with Crippen molar-refractivity contribution in [2.45, 2.75) is 13.3 Å². The highest BCUT2D eigenvalue weighted by Crippen LogP contribution is 2.32. The summed E-state index contributed by atoms with van der Waals surface area (Å²) in [5.41, 5.74) is 0.536. The van der Waals surface area contributed by atoms with Gasteiger partial charge >= 0.3 is 5.63 Å². The zero-order chi connectivity index (χ0) is 23.8. The Kier molecular flexibility index (Phi) is 6.52. The molecule has 0 saturated carbocycles. The Morgan fingerprint density at radius 2 is 2.06 bits per heavy atom. The van der Waals surface area contributed by atoms with Gasteiger partial charge in [0.2, 0.25) is 0 Å². The van der Waals surface area contributed by atoms with E-state index in [-0.39, 0.29) is 23.2 Å². The Balaban J connectivity index is 1.68. The molecular weight excluding hydrogens is 537 g/mol. The molecule has 2 N–H and O–H groups in total. The van der Waals surface area contributed by atoms with Crippen molar-refractivity contribution in [2.24, 2.45) is 0 Å². The van der Waals surface area contributed by atoms with Crippen molar-refractivity contribution in [1.82, 2.24) is 9.71 Å². The number of hydrogen-bond donors (Lipinski definition) is 2. The van der Waals surface area contributed by atoms with Crippen molar-refractivity contribution in [3.63, 3.8) is 0 Å². The molecule has 8 nitrogen and oxygen atoms in total. The largest absolute Gasteiger partial charge is 0.431 e. The molecular formula is C21H17BrFN3O5S2. The number of nitrogens with zero attached hydrogens (tertiary/aromatic N) is 1. The van der Waals surface area contributed by atoms with Crippen LogP contribution in [0.5, 0.6) is 10.9 Å². The summed E-state index contributed by atoms with van der Waals surface area (Å²) in [4.78, 5) is 16.8. The highest BCUT2D eigenvalue weighted by molar-refractivity contribution is 9.11. The molecule has 0 radical (unpaired) electrons. The van der Waals surface area contributed by atoms with Crippen molar-refractivity contribution in [3.05, 3.63) is 79.3 Å². The van der Waals surface area contributed by atoms with Gasteiger partial charge in [-0.2, -0.15) is 8.42 Å². The summed E-state index contributed by atoms with van der Waals surface area (Å²) in [7, 11) is -2.69. The number of anilines is 1. The van der Waals surface area contributed by atoms with Gasteiger partial charge in [-0.1, -0.05) is 23.5 Å². The van der Waals surface area contributed by atoms with Crippen molar-refractivity contribution in [2.75, 3.05) is 11.8 Å². The van der Waals surface area contributed by atoms with Gasteiger partial charge in [0.05, 0.1) is 15.7 Å². The van der Waals surface area contributed by atoms with Crippen molar-refractivity contribution in [3.8, 4) is 10.9 Å². The second kappa shape index (κ2) is 9.21. The van der Waals surface area contributed by atoms with Gasteiger partial charge in [-0.25, -0.2) is 18.9 Å². The van der Waals surface area contributed by atoms with Crippen LogP contribution in [0.4, 0.5) is 10.1 Å². The van der Waals surface area contributed by atoms with Gasteiger partial charge in [0.1, 0.15) is 11.3 Å². The van der Waals surface area contributed by atoms with Crippen LogP contribution in [0.15, 0.2) is 55.6 Å². The third kappa shape index (κ3) is 5.08. The molecule has 12 heteroatoms. The molecule has 0 spiro atoms. The van der Waals surface area contributed by atoms with Crippen LogP contribution < -0.4 is 19.8 Å². The summed E-state index contributed by atoms with van der Waals surface area (Å²) in [5, 5.41) is 1.10. The number of nitrogens with one attached hydrogen (secondary N) is 2. The summed E-state index contributed by atoms with van der Waals surface area (Å²) >= 11 is 4.63. The van der Waals surface area contributed by atoms with Crippen molar-refractivity contribution >= 4 is 54.1 Å².